The van der Waals surface area contributed by atoms with Crippen molar-refractivity contribution >= 4 is 22.7 Å². The largest absolute Gasteiger partial charge is 0.451 e. The van der Waals surface area contributed by atoms with Crippen LogP contribution in [-0.2, 0) is 6.54 Å². The first-order valence-electron chi connectivity index (χ1n) is 8.93. The Morgan fingerprint density at radius 2 is 1.79 bits per heavy atom. The van der Waals surface area contributed by atoms with Gasteiger partial charge >= 0.3 is 0 Å². The number of aromatic nitrogens is 2. The maximum absolute atomic E-state index is 12.7. The standard InChI is InChI=1S/C22H19N3O3/c1-14-3-6-16(7-4-14)13-25-21(9-10-23-25)24-22(27)20-12-18(26)17-8-5-15(2)11-19(17)28-20/h3-12H,13H2,1-2H3,(H,24,27). The maximum Gasteiger partial charge on any atom is 0.292 e. The number of nitrogens with zero attached hydrogens (tertiary/aromatic N) is 2. The van der Waals surface area contributed by atoms with Gasteiger partial charge in [-0.25, -0.2) is 4.68 Å². The van der Waals surface area contributed by atoms with Gasteiger partial charge in [0.15, 0.2) is 11.2 Å². The lowest BCUT2D eigenvalue weighted by Crippen LogP contribution is -2.18. The molecule has 0 aliphatic heterocycles. The number of amides is 1. The Morgan fingerprint density at radius 3 is 2.57 bits per heavy atom. The molecule has 0 bridgehead atoms. The van der Waals surface area contributed by atoms with Gasteiger partial charge in [-0.3, -0.25) is 9.59 Å². The topological polar surface area (TPSA) is 77.1 Å². The van der Waals surface area contributed by atoms with Crippen molar-refractivity contribution < 1.29 is 9.21 Å². The number of fused-ring (bicyclic) bond motifs is 1. The molecular weight excluding hydrogens is 354 g/mol. The summed E-state index contributed by atoms with van der Waals surface area (Å²) >= 11 is 0. The summed E-state index contributed by atoms with van der Waals surface area (Å²) in [5.74, 6) is -0.00471. The Bertz CT molecular complexity index is 1220. The van der Waals surface area contributed by atoms with Gasteiger partial charge in [-0.15, -0.1) is 0 Å². The molecule has 6 nitrogen and oxygen atoms in total. The van der Waals surface area contributed by atoms with Crippen LogP contribution < -0.4 is 10.7 Å². The van der Waals surface area contributed by atoms with Gasteiger partial charge in [0.25, 0.3) is 5.91 Å². The van der Waals surface area contributed by atoms with Gasteiger partial charge in [0.2, 0.25) is 0 Å². The molecule has 0 aliphatic carbocycles. The van der Waals surface area contributed by atoms with Crippen molar-refractivity contribution in [3.8, 4) is 0 Å². The summed E-state index contributed by atoms with van der Waals surface area (Å²) in [6.45, 7) is 4.45. The van der Waals surface area contributed by atoms with Crippen LogP contribution in [0.1, 0.15) is 27.2 Å². The van der Waals surface area contributed by atoms with Crippen molar-refractivity contribution in [3.05, 3.63) is 93.5 Å². The van der Waals surface area contributed by atoms with Crippen LogP contribution in [0.5, 0.6) is 0 Å². The fourth-order valence-electron chi connectivity index (χ4n) is 2.98. The summed E-state index contributed by atoms with van der Waals surface area (Å²) < 4.78 is 7.35. The first-order valence-corrected chi connectivity index (χ1v) is 8.93. The minimum atomic E-state index is -0.494. The van der Waals surface area contributed by atoms with Crippen molar-refractivity contribution in [1.29, 1.82) is 0 Å². The van der Waals surface area contributed by atoms with E-state index < -0.39 is 5.91 Å². The van der Waals surface area contributed by atoms with E-state index in [0.717, 1.165) is 11.1 Å². The van der Waals surface area contributed by atoms with E-state index in [2.05, 4.69) is 10.4 Å². The van der Waals surface area contributed by atoms with E-state index in [4.69, 9.17) is 4.42 Å². The van der Waals surface area contributed by atoms with Crippen LogP contribution in [0.25, 0.3) is 11.0 Å². The molecule has 0 unspecified atom stereocenters. The summed E-state index contributed by atoms with van der Waals surface area (Å²) in [5.41, 5.74) is 3.34. The fraction of sp³-hybridized carbons (Fsp3) is 0.136. The fourth-order valence-corrected chi connectivity index (χ4v) is 2.98. The minimum absolute atomic E-state index is 0.0359. The molecule has 4 rings (SSSR count). The molecule has 4 aromatic rings. The van der Waals surface area contributed by atoms with Gasteiger partial charge in [-0.2, -0.15) is 5.10 Å². The van der Waals surface area contributed by atoms with Crippen LogP contribution in [0.3, 0.4) is 0 Å². The highest BCUT2D eigenvalue weighted by Gasteiger charge is 2.15. The van der Waals surface area contributed by atoms with Crippen molar-refractivity contribution in [2.75, 3.05) is 5.32 Å². The molecule has 1 amide bonds. The van der Waals surface area contributed by atoms with Crippen molar-refractivity contribution in [1.82, 2.24) is 9.78 Å². The summed E-state index contributed by atoms with van der Waals surface area (Å²) in [7, 11) is 0. The van der Waals surface area contributed by atoms with E-state index in [1.54, 1.807) is 29.1 Å². The molecule has 6 heteroatoms. The number of benzene rings is 2. The van der Waals surface area contributed by atoms with Crippen molar-refractivity contribution in [2.45, 2.75) is 20.4 Å². The lowest BCUT2D eigenvalue weighted by molar-refractivity contribution is 0.0996. The van der Waals surface area contributed by atoms with E-state index in [1.807, 2.05) is 44.2 Å². The van der Waals surface area contributed by atoms with Gasteiger partial charge in [-0.1, -0.05) is 35.9 Å². The zero-order valence-corrected chi connectivity index (χ0v) is 15.6. The molecule has 2 aromatic carbocycles. The Morgan fingerprint density at radius 1 is 1.04 bits per heavy atom. The zero-order valence-electron chi connectivity index (χ0n) is 15.6. The van der Waals surface area contributed by atoms with E-state index in [9.17, 15) is 9.59 Å². The lowest BCUT2D eigenvalue weighted by atomic mass is 10.1. The Labute approximate surface area is 161 Å². The minimum Gasteiger partial charge on any atom is -0.451 e. The molecule has 0 saturated heterocycles. The smallest absolute Gasteiger partial charge is 0.292 e. The van der Waals surface area contributed by atoms with Crippen molar-refractivity contribution in [3.63, 3.8) is 0 Å². The van der Waals surface area contributed by atoms with Gasteiger partial charge in [0, 0.05) is 12.1 Å². The average molecular weight is 373 g/mol. The van der Waals surface area contributed by atoms with Crippen LogP contribution in [0, 0.1) is 13.8 Å². The van der Waals surface area contributed by atoms with E-state index >= 15 is 0 Å². The second-order valence-electron chi connectivity index (χ2n) is 6.79. The second kappa shape index (κ2) is 7.15. The third kappa shape index (κ3) is 3.57. The van der Waals surface area contributed by atoms with Crippen LogP contribution in [0.2, 0.25) is 0 Å². The first-order chi connectivity index (χ1) is 13.5. The lowest BCUT2D eigenvalue weighted by Gasteiger charge is -2.09. The molecule has 0 fully saturated rings. The highest BCUT2D eigenvalue weighted by atomic mass is 16.3. The van der Waals surface area contributed by atoms with Crippen LogP contribution in [0.4, 0.5) is 5.82 Å². The summed E-state index contributed by atoms with van der Waals surface area (Å²) in [6, 6.07) is 16.3. The summed E-state index contributed by atoms with van der Waals surface area (Å²) in [6.07, 6.45) is 1.61. The molecule has 0 spiro atoms. The molecule has 28 heavy (non-hydrogen) atoms. The first kappa shape index (κ1) is 17.7. The summed E-state index contributed by atoms with van der Waals surface area (Å²) in [5, 5.41) is 7.49. The normalized spacial score (nSPS) is 10.9. The Hall–Kier alpha value is -3.67. The van der Waals surface area contributed by atoms with E-state index in [-0.39, 0.29) is 11.2 Å². The van der Waals surface area contributed by atoms with Gasteiger partial charge < -0.3 is 9.73 Å². The molecule has 2 heterocycles. The molecule has 0 aliphatic rings. The predicted octanol–water partition coefficient (Wildman–Crippen LogP) is 3.91. The number of nitrogens with one attached hydrogen (secondary N) is 1. The molecule has 1 N–H and O–H groups in total. The molecule has 0 radical (unpaired) electrons. The monoisotopic (exact) mass is 373 g/mol. The average Bonchev–Trinajstić information content (AvgIpc) is 3.09. The van der Waals surface area contributed by atoms with Crippen LogP contribution >= 0.6 is 0 Å². The highest BCUT2D eigenvalue weighted by molar-refractivity contribution is 6.02. The van der Waals surface area contributed by atoms with Crippen LogP contribution in [-0.4, -0.2) is 15.7 Å². The molecular formula is C22H19N3O3. The van der Waals surface area contributed by atoms with E-state index in [1.165, 1.54) is 11.6 Å². The number of aryl methyl sites for hydroxylation is 2. The number of anilines is 1. The Kier molecular flexibility index (Phi) is 4.53. The number of rotatable bonds is 4. The molecule has 0 atom stereocenters. The number of carbonyl (C=O) groups excluding carboxylic acids is 1. The van der Waals surface area contributed by atoms with Crippen LogP contribution in [0.15, 0.2) is 70.0 Å². The second-order valence-corrected chi connectivity index (χ2v) is 6.79. The predicted molar refractivity (Wildman–Crippen MR) is 108 cm³/mol. The van der Waals surface area contributed by atoms with Gasteiger partial charge in [0.05, 0.1) is 18.1 Å². The van der Waals surface area contributed by atoms with Gasteiger partial charge in [0.1, 0.15) is 11.4 Å². The SMILES string of the molecule is Cc1ccc(Cn2nccc2NC(=O)c2cc(=O)c3ccc(C)cc3o2)cc1. The Balaban J connectivity index is 1.59. The zero-order chi connectivity index (χ0) is 19.7. The van der Waals surface area contributed by atoms with Crippen molar-refractivity contribution in [2.24, 2.45) is 0 Å². The molecule has 140 valence electrons. The van der Waals surface area contributed by atoms with Gasteiger partial charge in [-0.05, 0) is 37.1 Å². The number of hydrogen-bond donors (Lipinski definition) is 1. The molecule has 2 aromatic heterocycles. The quantitative estimate of drug-likeness (QED) is 0.588. The third-order valence-electron chi connectivity index (χ3n) is 4.52. The summed E-state index contributed by atoms with van der Waals surface area (Å²) in [4.78, 5) is 25.0. The van der Waals surface area contributed by atoms with E-state index in [0.29, 0.717) is 23.3 Å². The number of carbonyl (C=O) groups is 1. The molecule has 0 saturated carbocycles. The highest BCUT2D eigenvalue weighted by Crippen LogP contribution is 2.16. The number of hydrogen-bond acceptors (Lipinski definition) is 4. The third-order valence-corrected chi connectivity index (χ3v) is 4.52. The maximum atomic E-state index is 12.7.